The zero-order valence-electron chi connectivity index (χ0n) is 13.7. The molecule has 0 saturated carbocycles. The fourth-order valence-electron chi connectivity index (χ4n) is 2.37. The smallest absolute Gasteiger partial charge is 0.270 e. The molecule has 7 nitrogen and oxygen atoms in total. The maximum Gasteiger partial charge on any atom is 0.270 e. The number of hydrogen-bond acceptors (Lipinski definition) is 6. The Bertz CT molecular complexity index is 485. The Morgan fingerprint density at radius 2 is 2.00 bits per heavy atom. The van der Waals surface area contributed by atoms with E-state index < -0.39 is 0 Å². The third kappa shape index (κ3) is 4.92. The predicted octanol–water partition coefficient (Wildman–Crippen LogP) is -0.0901. The van der Waals surface area contributed by atoms with Crippen molar-refractivity contribution in [2.24, 2.45) is 0 Å². The molecule has 1 amide bonds. The Kier molecular flexibility index (Phi) is 6.09. The van der Waals surface area contributed by atoms with Crippen LogP contribution < -0.4 is 10.2 Å². The Morgan fingerprint density at radius 3 is 2.68 bits per heavy atom. The number of carbonyl (C=O) groups is 1. The third-order valence-electron chi connectivity index (χ3n) is 3.78. The molecular formula is C15H26N6O. The predicted molar refractivity (Wildman–Crippen MR) is 87.2 cm³/mol. The average molecular weight is 306 g/mol. The van der Waals surface area contributed by atoms with Crippen LogP contribution in [-0.2, 0) is 0 Å². The molecule has 1 saturated heterocycles. The molecule has 0 bridgehead atoms. The molecule has 0 aromatic carbocycles. The van der Waals surface area contributed by atoms with Crippen molar-refractivity contribution < 1.29 is 4.79 Å². The lowest BCUT2D eigenvalue weighted by Crippen LogP contribution is -2.45. The number of anilines is 1. The molecule has 0 radical (unpaired) electrons. The number of aromatic nitrogens is 2. The molecule has 22 heavy (non-hydrogen) atoms. The SMILES string of the molecule is CN(C)CCCNC(=O)c1cc(N2CCN(C)CC2)ncn1. The highest BCUT2D eigenvalue weighted by atomic mass is 16.1. The molecule has 1 aliphatic heterocycles. The number of piperazine rings is 1. The van der Waals surface area contributed by atoms with Crippen LogP contribution in [0.3, 0.4) is 0 Å². The monoisotopic (exact) mass is 306 g/mol. The van der Waals surface area contributed by atoms with Gasteiger partial charge in [-0.25, -0.2) is 9.97 Å². The van der Waals surface area contributed by atoms with E-state index >= 15 is 0 Å². The van der Waals surface area contributed by atoms with E-state index in [1.807, 2.05) is 14.1 Å². The quantitative estimate of drug-likeness (QED) is 0.741. The summed E-state index contributed by atoms with van der Waals surface area (Å²) in [5.41, 5.74) is 0.439. The van der Waals surface area contributed by atoms with Gasteiger partial charge in [0.25, 0.3) is 5.91 Å². The van der Waals surface area contributed by atoms with E-state index in [1.54, 1.807) is 6.07 Å². The van der Waals surface area contributed by atoms with Crippen LogP contribution in [0.2, 0.25) is 0 Å². The van der Waals surface area contributed by atoms with Gasteiger partial charge in [-0.15, -0.1) is 0 Å². The lowest BCUT2D eigenvalue weighted by atomic mass is 10.3. The highest BCUT2D eigenvalue weighted by Crippen LogP contribution is 2.13. The normalized spacial score (nSPS) is 16.1. The van der Waals surface area contributed by atoms with Gasteiger partial charge in [-0.1, -0.05) is 0 Å². The average Bonchev–Trinajstić information content (AvgIpc) is 2.52. The summed E-state index contributed by atoms with van der Waals surface area (Å²) in [4.78, 5) is 27.1. The summed E-state index contributed by atoms with van der Waals surface area (Å²) in [6.45, 7) is 5.49. The van der Waals surface area contributed by atoms with E-state index in [9.17, 15) is 4.79 Å². The highest BCUT2D eigenvalue weighted by Gasteiger charge is 2.17. The minimum absolute atomic E-state index is 0.128. The first kappa shape index (κ1) is 16.6. The van der Waals surface area contributed by atoms with Gasteiger partial charge in [0.05, 0.1) is 0 Å². The molecule has 1 N–H and O–H groups in total. The number of hydrogen-bond donors (Lipinski definition) is 1. The van der Waals surface area contributed by atoms with Crippen LogP contribution in [0.15, 0.2) is 12.4 Å². The van der Waals surface area contributed by atoms with Gasteiger partial charge in [0.2, 0.25) is 0 Å². The van der Waals surface area contributed by atoms with Crippen molar-refractivity contribution in [2.75, 3.05) is 65.3 Å². The van der Waals surface area contributed by atoms with Gasteiger partial charge in [-0.05, 0) is 34.1 Å². The fourth-order valence-corrected chi connectivity index (χ4v) is 2.37. The molecule has 0 atom stereocenters. The van der Waals surface area contributed by atoms with E-state index in [-0.39, 0.29) is 5.91 Å². The van der Waals surface area contributed by atoms with Crippen molar-refractivity contribution in [1.82, 2.24) is 25.1 Å². The minimum atomic E-state index is -0.128. The van der Waals surface area contributed by atoms with Gasteiger partial charge in [-0.3, -0.25) is 4.79 Å². The maximum absolute atomic E-state index is 12.1. The molecule has 1 aliphatic rings. The fraction of sp³-hybridized carbons (Fsp3) is 0.667. The van der Waals surface area contributed by atoms with Crippen molar-refractivity contribution in [2.45, 2.75) is 6.42 Å². The van der Waals surface area contributed by atoms with Crippen LogP contribution in [0.1, 0.15) is 16.9 Å². The second kappa shape index (κ2) is 8.05. The van der Waals surface area contributed by atoms with Gasteiger partial charge in [0, 0.05) is 38.8 Å². The van der Waals surface area contributed by atoms with Gasteiger partial charge in [0.15, 0.2) is 0 Å². The standard InChI is InChI=1S/C15H26N6O/c1-19(2)6-4-5-16-15(22)13-11-14(18-12-17-13)21-9-7-20(3)8-10-21/h11-12H,4-10H2,1-3H3,(H,16,22). The topological polar surface area (TPSA) is 64.6 Å². The molecular weight excluding hydrogens is 280 g/mol. The minimum Gasteiger partial charge on any atom is -0.354 e. The lowest BCUT2D eigenvalue weighted by molar-refractivity contribution is 0.0947. The van der Waals surface area contributed by atoms with E-state index in [0.29, 0.717) is 12.2 Å². The van der Waals surface area contributed by atoms with Gasteiger partial charge < -0.3 is 20.0 Å². The van der Waals surface area contributed by atoms with E-state index in [2.05, 4.69) is 37.0 Å². The number of nitrogens with zero attached hydrogens (tertiary/aromatic N) is 5. The van der Waals surface area contributed by atoms with Crippen LogP contribution in [0.5, 0.6) is 0 Å². The second-order valence-corrected chi connectivity index (χ2v) is 5.96. The van der Waals surface area contributed by atoms with E-state index in [4.69, 9.17) is 0 Å². The number of likely N-dealkylation sites (N-methyl/N-ethyl adjacent to an activating group) is 1. The first-order valence-electron chi connectivity index (χ1n) is 7.75. The van der Waals surface area contributed by atoms with Crippen molar-refractivity contribution in [3.63, 3.8) is 0 Å². The number of nitrogens with one attached hydrogen (secondary N) is 1. The Balaban J connectivity index is 1.89. The maximum atomic E-state index is 12.1. The zero-order valence-corrected chi connectivity index (χ0v) is 13.7. The summed E-state index contributed by atoms with van der Waals surface area (Å²) in [5, 5.41) is 2.91. The number of amides is 1. The molecule has 1 aromatic rings. The van der Waals surface area contributed by atoms with Gasteiger partial charge in [0.1, 0.15) is 17.8 Å². The largest absolute Gasteiger partial charge is 0.354 e. The van der Waals surface area contributed by atoms with Gasteiger partial charge in [-0.2, -0.15) is 0 Å². The zero-order chi connectivity index (χ0) is 15.9. The molecule has 122 valence electrons. The van der Waals surface area contributed by atoms with Crippen molar-refractivity contribution in [3.05, 3.63) is 18.1 Å². The summed E-state index contributed by atoms with van der Waals surface area (Å²) in [5.74, 6) is 0.707. The van der Waals surface area contributed by atoms with Gasteiger partial charge >= 0.3 is 0 Å². The highest BCUT2D eigenvalue weighted by molar-refractivity contribution is 5.92. The Morgan fingerprint density at radius 1 is 1.27 bits per heavy atom. The molecule has 1 aromatic heterocycles. The summed E-state index contributed by atoms with van der Waals surface area (Å²) in [7, 11) is 6.16. The molecule has 2 heterocycles. The number of carbonyl (C=O) groups excluding carboxylic acids is 1. The molecule has 0 aliphatic carbocycles. The summed E-state index contributed by atoms with van der Waals surface area (Å²) in [6, 6.07) is 1.78. The first-order chi connectivity index (χ1) is 10.6. The molecule has 0 spiro atoms. The molecule has 2 rings (SSSR count). The van der Waals surface area contributed by atoms with E-state index in [1.165, 1.54) is 6.33 Å². The van der Waals surface area contributed by atoms with Crippen LogP contribution in [0, 0.1) is 0 Å². The second-order valence-electron chi connectivity index (χ2n) is 5.96. The molecule has 7 heteroatoms. The van der Waals surface area contributed by atoms with Crippen LogP contribution >= 0.6 is 0 Å². The van der Waals surface area contributed by atoms with Crippen molar-refractivity contribution >= 4 is 11.7 Å². The van der Waals surface area contributed by atoms with E-state index in [0.717, 1.165) is 45.0 Å². The Hall–Kier alpha value is -1.73. The lowest BCUT2D eigenvalue weighted by Gasteiger charge is -2.33. The Labute approximate surface area is 132 Å². The van der Waals surface area contributed by atoms with Crippen molar-refractivity contribution in [1.29, 1.82) is 0 Å². The van der Waals surface area contributed by atoms with Crippen LogP contribution in [0.4, 0.5) is 5.82 Å². The van der Waals surface area contributed by atoms with Crippen LogP contribution in [-0.4, -0.2) is 86.1 Å². The third-order valence-corrected chi connectivity index (χ3v) is 3.78. The summed E-state index contributed by atoms with van der Waals surface area (Å²) < 4.78 is 0. The number of rotatable bonds is 6. The molecule has 1 fully saturated rings. The first-order valence-corrected chi connectivity index (χ1v) is 7.75. The summed E-state index contributed by atoms with van der Waals surface area (Å²) >= 11 is 0. The van der Waals surface area contributed by atoms with Crippen molar-refractivity contribution in [3.8, 4) is 0 Å². The van der Waals surface area contributed by atoms with Crippen LogP contribution in [0.25, 0.3) is 0 Å². The summed E-state index contributed by atoms with van der Waals surface area (Å²) in [6.07, 6.45) is 2.40. The molecule has 0 unspecified atom stereocenters.